The number of amides is 1. The van der Waals surface area contributed by atoms with E-state index < -0.39 is 60.7 Å². The number of hydrogen-bond acceptors (Lipinski definition) is 8. The first-order valence-corrected chi connectivity index (χ1v) is 8.61. The SMILES string of the molecule is NC(N)=NC(=O)Cc1c(Cl)c(O)cc(OC2O[C@H](C(=O)O)[C@@H](O)[C@H](O)[C@H]2O)c1Cl. The number of phenols is 1. The Bertz CT molecular complexity index is 847. The number of aliphatic carboxylic acids is 1. The van der Waals surface area contributed by atoms with Crippen molar-refractivity contribution in [1.82, 2.24) is 0 Å². The molecule has 0 aromatic heterocycles. The number of carboxylic acid groups (broad SMARTS) is 1. The number of carbonyl (C=O) groups excluding carboxylic acids is 1. The number of rotatable bonds is 5. The van der Waals surface area contributed by atoms with E-state index in [1.807, 2.05) is 0 Å². The molecular formula is C15H17Cl2N3O9. The van der Waals surface area contributed by atoms with Crippen LogP contribution in [0.25, 0.3) is 0 Å². The molecule has 1 aromatic rings. The Morgan fingerprint density at radius 1 is 1.14 bits per heavy atom. The van der Waals surface area contributed by atoms with Gasteiger partial charge in [-0.15, -0.1) is 0 Å². The van der Waals surface area contributed by atoms with Gasteiger partial charge in [0.1, 0.15) is 29.8 Å². The number of carboxylic acids is 1. The lowest BCUT2D eigenvalue weighted by molar-refractivity contribution is -0.271. The van der Waals surface area contributed by atoms with E-state index in [0.717, 1.165) is 6.07 Å². The number of aliphatic hydroxyl groups excluding tert-OH is 3. The van der Waals surface area contributed by atoms with Crippen molar-refractivity contribution in [3.8, 4) is 11.5 Å². The largest absolute Gasteiger partial charge is 0.506 e. The number of hydrogen-bond donors (Lipinski definition) is 7. The monoisotopic (exact) mass is 453 g/mol. The fraction of sp³-hybridized carbons (Fsp3) is 0.400. The van der Waals surface area contributed by atoms with E-state index in [-0.39, 0.29) is 21.4 Å². The zero-order valence-corrected chi connectivity index (χ0v) is 15.9. The molecular weight excluding hydrogens is 437 g/mol. The first kappa shape index (κ1) is 22.9. The summed E-state index contributed by atoms with van der Waals surface area (Å²) in [5.41, 5.74) is 10.1. The van der Waals surface area contributed by atoms with Crippen LogP contribution < -0.4 is 16.2 Å². The van der Waals surface area contributed by atoms with E-state index >= 15 is 0 Å². The number of nitrogens with two attached hydrogens (primary N) is 2. The predicted molar refractivity (Wildman–Crippen MR) is 97.6 cm³/mol. The third-order valence-corrected chi connectivity index (χ3v) is 4.71. The molecule has 1 fully saturated rings. The summed E-state index contributed by atoms with van der Waals surface area (Å²) in [5, 5.41) is 48.0. The fourth-order valence-electron chi connectivity index (χ4n) is 2.50. The maximum atomic E-state index is 11.8. The summed E-state index contributed by atoms with van der Waals surface area (Å²) < 4.78 is 10.3. The van der Waals surface area contributed by atoms with Crippen LogP contribution in [-0.2, 0) is 20.7 Å². The number of nitrogens with zero attached hydrogens (tertiary/aromatic N) is 1. The molecule has 0 bridgehead atoms. The van der Waals surface area contributed by atoms with Crippen molar-refractivity contribution >= 4 is 41.0 Å². The molecule has 1 heterocycles. The first-order chi connectivity index (χ1) is 13.4. The standard InChI is InChI=1S/C15H17Cl2N3O9/c16-7-3(1-6(22)20-15(18)19)8(17)5(2-4(7)21)28-14-11(25)9(23)10(24)12(29-14)13(26)27/h2,9-12,14,21,23-25H,1H2,(H,26,27)(H4,18,19,20,22)/t9-,10-,11+,12-,14?/m0/s1. The second-order valence-electron chi connectivity index (χ2n) is 5.96. The van der Waals surface area contributed by atoms with Gasteiger partial charge in [0.05, 0.1) is 16.5 Å². The number of guanidine groups is 1. The quantitative estimate of drug-likeness (QED) is 0.197. The van der Waals surface area contributed by atoms with Crippen molar-refractivity contribution < 1.29 is 44.6 Å². The van der Waals surface area contributed by atoms with Crippen molar-refractivity contribution in [3.63, 3.8) is 0 Å². The Morgan fingerprint density at radius 3 is 2.31 bits per heavy atom. The van der Waals surface area contributed by atoms with E-state index in [1.165, 1.54) is 0 Å². The van der Waals surface area contributed by atoms with Crippen LogP contribution >= 0.6 is 23.2 Å². The zero-order chi connectivity index (χ0) is 22.0. The molecule has 1 saturated heterocycles. The molecule has 1 aromatic carbocycles. The second-order valence-corrected chi connectivity index (χ2v) is 6.72. The lowest BCUT2D eigenvalue weighted by atomic mass is 9.99. The highest BCUT2D eigenvalue weighted by molar-refractivity contribution is 6.38. The molecule has 9 N–H and O–H groups in total. The summed E-state index contributed by atoms with van der Waals surface area (Å²) in [6, 6.07) is 0.919. The average Bonchev–Trinajstić information content (AvgIpc) is 2.62. The molecule has 0 aliphatic carbocycles. The smallest absolute Gasteiger partial charge is 0.335 e. The summed E-state index contributed by atoms with van der Waals surface area (Å²) in [7, 11) is 0. The van der Waals surface area contributed by atoms with Gasteiger partial charge in [0.25, 0.3) is 5.91 Å². The van der Waals surface area contributed by atoms with E-state index in [2.05, 4.69) is 4.99 Å². The van der Waals surface area contributed by atoms with Crippen LogP contribution in [0.4, 0.5) is 0 Å². The van der Waals surface area contributed by atoms with Gasteiger partial charge < -0.3 is 46.5 Å². The molecule has 0 spiro atoms. The Labute approximate surface area is 172 Å². The summed E-state index contributed by atoms with van der Waals surface area (Å²) in [5.74, 6) is -3.91. The van der Waals surface area contributed by atoms with Gasteiger partial charge in [0.15, 0.2) is 12.1 Å². The number of aliphatic hydroxyl groups is 3. The maximum Gasteiger partial charge on any atom is 0.335 e. The third-order valence-electron chi connectivity index (χ3n) is 3.88. The molecule has 0 saturated carbocycles. The van der Waals surface area contributed by atoms with E-state index in [9.17, 15) is 30.0 Å². The zero-order valence-electron chi connectivity index (χ0n) is 14.4. The van der Waals surface area contributed by atoms with Gasteiger partial charge in [0, 0.05) is 11.6 Å². The highest BCUT2D eigenvalue weighted by Gasteiger charge is 2.48. The van der Waals surface area contributed by atoms with Gasteiger partial charge in [-0.3, -0.25) is 4.79 Å². The normalized spacial score (nSPS) is 26.6. The Balaban J connectivity index is 2.36. The van der Waals surface area contributed by atoms with Crippen LogP contribution in [0.2, 0.25) is 10.0 Å². The molecule has 0 radical (unpaired) electrons. The fourth-order valence-corrected chi connectivity index (χ4v) is 3.03. The van der Waals surface area contributed by atoms with Gasteiger partial charge in [-0.2, -0.15) is 4.99 Å². The Morgan fingerprint density at radius 2 is 1.76 bits per heavy atom. The van der Waals surface area contributed by atoms with Crippen molar-refractivity contribution in [2.75, 3.05) is 0 Å². The van der Waals surface area contributed by atoms with Crippen LogP contribution in [0.1, 0.15) is 5.56 Å². The van der Waals surface area contributed by atoms with Crippen molar-refractivity contribution in [1.29, 1.82) is 0 Å². The number of aliphatic imine (C=N–C) groups is 1. The first-order valence-electron chi connectivity index (χ1n) is 7.85. The summed E-state index contributed by atoms with van der Waals surface area (Å²) in [6.45, 7) is 0. The number of phenolic OH excluding ortho intramolecular Hbond substituents is 1. The van der Waals surface area contributed by atoms with Gasteiger partial charge in [-0.1, -0.05) is 23.2 Å². The second kappa shape index (κ2) is 8.98. The molecule has 5 atom stereocenters. The van der Waals surface area contributed by atoms with Crippen LogP contribution in [0.5, 0.6) is 11.5 Å². The number of ether oxygens (including phenoxy) is 2. The summed E-state index contributed by atoms with van der Waals surface area (Å²) >= 11 is 12.1. The van der Waals surface area contributed by atoms with E-state index in [1.54, 1.807) is 0 Å². The molecule has 29 heavy (non-hydrogen) atoms. The predicted octanol–water partition coefficient (Wildman–Crippen LogP) is -1.69. The molecule has 12 nitrogen and oxygen atoms in total. The van der Waals surface area contributed by atoms with E-state index in [4.69, 9.17) is 49.2 Å². The molecule has 14 heteroatoms. The minimum absolute atomic E-state index is 0.126. The number of benzene rings is 1. The third kappa shape index (κ3) is 4.98. The Hall–Kier alpha value is -2.35. The molecule has 1 aliphatic rings. The number of halogens is 2. The van der Waals surface area contributed by atoms with Crippen LogP contribution in [0, 0.1) is 0 Å². The van der Waals surface area contributed by atoms with Gasteiger partial charge in [0.2, 0.25) is 6.29 Å². The highest BCUT2D eigenvalue weighted by Crippen LogP contribution is 2.41. The van der Waals surface area contributed by atoms with Gasteiger partial charge in [-0.05, 0) is 0 Å². The number of carbonyl (C=O) groups is 2. The van der Waals surface area contributed by atoms with Gasteiger partial charge >= 0.3 is 5.97 Å². The number of aromatic hydroxyl groups is 1. The average molecular weight is 454 g/mol. The van der Waals surface area contributed by atoms with E-state index in [0.29, 0.717) is 0 Å². The van der Waals surface area contributed by atoms with Crippen LogP contribution in [0.15, 0.2) is 11.1 Å². The Kier molecular flexibility index (Phi) is 7.11. The molecule has 1 unspecified atom stereocenters. The molecule has 2 rings (SSSR count). The minimum atomic E-state index is -1.93. The van der Waals surface area contributed by atoms with Crippen LogP contribution in [-0.4, -0.2) is 74.1 Å². The maximum absolute atomic E-state index is 11.8. The van der Waals surface area contributed by atoms with Crippen molar-refractivity contribution in [3.05, 3.63) is 21.7 Å². The minimum Gasteiger partial charge on any atom is -0.506 e. The summed E-state index contributed by atoms with van der Waals surface area (Å²) in [4.78, 5) is 26.3. The van der Waals surface area contributed by atoms with Crippen LogP contribution in [0.3, 0.4) is 0 Å². The summed E-state index contributed by atoms with van der Waals surface area (Å²) in [6.07, 6.45) is -9.97. The topological polar surface area (TPSA) is 218 Å². The lowest BCUT2D eigenvalue weighted by Gasteiger charge is -2.38. The lowest BCUT2D eigenvalue weighted by Crippen LogP contribution is -2.61. The van der Waals surface area contributed by atoms with Gasteiger partial charge in [-0.25, -0.2) is 4.79 Å². The molecule has 1 amide bonds. The van der Waals surface area contributed by atoms with Crippen molar-refractivity contribution in [2.45, 2.75) is 37.1 Å². The molecule has 1 aliphatic heterocycles. The highest BCUT2D eigenvalue weighted by atomic mass is 35.5. The molecule has 160 valence electrons. The van der Waals surface area contributed by atoms with Crippen molar-refractivity contribution in [2.24, 2.45) is 16.5 Å².